The normalized spacial score (nSPS) is 10.1. The average Bonchev–Trinajstić information content (AvgIpc) is 2.18. The zero-order valence-corrected chi connectivity index (χ0v) is 9.43. The Balaban J connectivity index is 3.39. The Morgan fingerprint density at radius 3 is 2.67 bits per heavy atom. The van der Waals surface area contributed by atoms with Crippen LogP contribution in [0.1, 0.15) is 16.7 Å². The van der Waals surface area contributed by atoms with Gasteiger partial charge in [0.05, 0.1) is 0 Å². The first-order valence-corrected chi connectivity index (χ1v) is 4.83. The number of aryl methyl sites for hydroxylation is 1. The molecule has 4 heteroatoms. The predicted molar refractivity (Wildman–Crippen MR) is 61.7 cm³/mol. The number of rotatable bonds is 3. The lowest BCUT2D eigenvalue weighted by molar-refractivity contribution is 0.465. The zero-order valence-electron chi connectivity index (χ0n) is 8.67. The Morgan fingerprint density at radius 1 is 1.60 bits per heavy atom. The van der Waals surface area contributed by atoms with E-state index in [9.17, 15) is 10.0 Å². The quantitative estimate of drug-likeness (QED) is 0.798. The van der Waals surface area contributed by atoms with Crippen LogP contribution in [0.4, 0.5) is 5.69 Å². The summed E-state index contributed by atoms with van der Waals surface area (Å²) in [5, 5.41) is 13.1. The summed E-state index contributed by atoms with van der Waals surface area (Å²) in [6.45, 7) is 7.00. The van der Waals surface area contributed by atoms with E-state index in [1.165, 1.54) is 0 Å². The molecule has 1 aromatic carbocycles. The monoisotopic (exact) mass is 225 g/mol. The van der Waals surface area contributed by atoms with Crippen molar-refractivity contribution < 1.29 is 5.11 Å². The van der Waals surface area contributed by atoms with Crippen LogP contribution in [0.2, 0.25) is 0 Å². The Hall–Kier alpha value is -1.35. The molecule has 0 spiro atoms. The van der Waals surface area contributed by atoms with Crippen molar-refractivity contribution in [2.75, 3.05) is 0 Å². The summed E-state index contributed by atoms with van der Waals surface area (Å²) in [4.78, 5) is 10.5. The summed E-state index contributed by atoms with van der Waals surface area (Å²) in [7, 11) is 0. The number of phenols is 1. The smallest absolute Gasteiger partial charge is 0.122 e. The van der Waals surface area contributed by atoms with Gasteiger partial charge in [-0.1, -0.05) is 18.2 Å². The van der Waals surface area contributed by atoms with E-state index in [1.807, 2.05) is 0 Å². The molecule has 1 aromatic rings. The number of nitrogens with zero attached hydrogens (tertiary/aromatic N) is 1. The molecule has 0 atom stereocenters. The number of allylic oxidation sites excluding steroid dienone is 1. The van der Waals surface area contributed by atoms with E-state index >= 15 is 0 Å². The van der Waals surface area contributed by atoms with Crippen molar-refractivity contribution in [2.24, 2.45) is 5.18 Å². The molecule has 3 nitrogen and oxygen atoms in total. The van der Waals surface area contributed by atoms with Crippen LogP contribution in [-0.4, -0.2) is 5.11 Å². The highest BCUT2D eigenvalue weighted by molar-refractivity contribution is 6.29. The lowest BCUT2D eigenvalue weighted by atomic mass is 9.99. The SMILES string of the molecule is C=C(Cl)Cc1c(C)c(N=O)cc(C)c1O. The molecule has 1 rings (SSSR count). The van der Waals surface area contributed by atoms with E-state index < -0.39 is 0 Å². The minimum absolute atomic E-state index is 0.154. The molecule has 80 valence electrons. The van der Waals surface area contributed by atoms with Crippen LogP contribution in [0.5, 0.6) is 5.75 Å². The highest BCUT2D eigenvalue weighted by Crippen LogP contribution is 2.34. The fourth-order valence-corrected chi connectivity index (χ4v) is 1.59. The summed E-state index contributed by atoms with van der Waals surface area (Å²) >= 11 is 5.69. The second-order valence-corrected chi connectivity index (χ2v) is 3.98. The molecule has 0 saturated heterocycles. The van der Waals surface area contributed by atoms with Gasteiger partial charge in [-0.3, -0.25) is 0 Å². The van der Waals surface area contributed by atoms with Gasteiger partial charge < -0.3 is 5.11 Å². The second kappa shape index (κ2) is 4.45. The first kappa shape index (κ1) is 11.7. The van der Waals surface area contributed by atoms with E-state index in [4.69, 9.17) is 11.6 Å². The third-order valence-electron chi connectivity index (χ3n) is 2.32. The minimum atomic E-state index is 0.154. The van der Waals surface area contributed by atoms with Crippen LogP contribution in [0.25, 0.3) is 0 Å². The number of phenolic OH excluding ortho intramolecular Hbond substituents is 1. The Labute approximate surface area is 93.4 Å². The van der Waals surface area contributed by atoms with Crippen LogP contribution in [-0.2, 0) is 6.42 Å². The molecule has 0 unspecified atom stereocenters. The molecule has 1 N–H and O–H groups in total. The highest BCUT2D eigenvalue weighted by atomic mass is 35.5. The molecule has 0 aliphatic rings. The van der Waals surface area contributed by atoms with Gasteiger partial charge in [0.15, 0.2) is 0 Å². The maximum Gasteiger partial charge on any atom is 0.122 e. The first-order chi connectivity index (χ1) is 6.97. The number of halogens is 1. The molecule has 15 heavy (non-hydrogen) atoms. The van der Waals surface area contributed by atoms with Gasteiger partial charge in [0, 0.05) is 17.0 Å². The highest BCUT2D eigenvalue weighted by Gasteiger charge is 2.13. The van der Waals surface area contributed by atoms with Gasteiger partial charge in [0.25, 0.3) is 0 Å². The minimum Gasteiger partial charge on any atom is -0.507 e. The summed E-state index contributed by atoms with van der Waals surface area (Å²) in [5.41, 5.74) is 2.21. The van der Waals surface area contributed by atoms with Crippen molar-refractivity contribution in [1.29, 1.82) is 0 Å². The van der Waals surface area contributed by atoms with E-state index in [2.05, 4.69) is 11.8 Å². The zero-order chi connectivity index (χ0) is 11.6. The van der Waals surface area contributed by atoms with Gasteiger partial charge in [0.2, 0.25) is 0 Å². The van der Waals surface area contributed by atoms with Gasteiger partial charge in [-0.05, 0) is 36.2 Å². The van der Waals surface area contributed by atoms with Crippen molar-refractivity contribution in [3.05, 3.63) is 39.3 Å². The number of hydrogen-bond acceptors (Lipinski definition) is 3. The van der Waals surface area contributed by atoms with Gasteiger partial charge >= 0.3 is 0 Å². The molecule has 0 aromatic heterocycles. The Morgan fingerprint density at radius 2 is 2.20 bits per heavy atom. The summed E-state index contributed by atoms with van der Waals surface area (Å²) in [6.07, 6.45) is 0.337. The average molecular weight is 226 g/mol. The molecule has 0 amide bonds. The molecule has 0 fully saturated rings. The number of benzene rings is 1. The van der Waals surface area contributed by atoms with Crippen molar-refractivity contribution in [3.63, 3.8) is 0 Å². The topological polar surface area (TPSA) is 49.7 Å². The fraction of sp³-hybridized carbons (Fsp3) is 0.273. The van der Waals surface area contributed by atoms with Crippen LogP contribution in [0, 0.1) is 18.8 Å². The largest absolute Gasteiger partial charge is 0.507 e. The van der Waals surface area contributed by atoms with Gasteiger partial charge in [-0.15, -0.1) is 4.91 Å². The van der Waals surface area contributed by atoms with Crippen LogP contribution in [0.3, 0.4) is 0 Å². The maximum absolute atomic E-state index is 10.5. The van der Waals surface area contributed by atoms with Crippen molar-refractivity contribution in [1.82, 2.24) is 0 Å². The van der Waals surface area contributed by atoms with E-state index in [1.54, 1.807) is 19.9 Å². The molecular formula is C11H12ClNO2. The maximum atomic E-state index is 10.5. The summed E-state index contributed by atoms with van der Waals surface area (Å²) in [5.74, 6) is 0.154. The number of hydrogen-bond donors (Lipinski definition) is 1. The number of nitroso groups, excluding NO2 is 1. The predicted octanol–water partition coefficient (Wildman–Crippen LogP) is 3.70. The van der Waals surface area contributed by atoms with Crippen molar-refractivity contribution >= 4 is 17.3 Å². The van der Waals surface area contributed by atoms with Crippen LogP contribution < -0.4 is 0 Å². The van der Waals surface area contributed by atoms with Gasteiger partial charge in [0.1, 0.15) is 11.4 Å². The van der Waals surface area contributed by atoms with Gasteiger partial charge in [-0.25, -0.2) is 0 Å². The third-order valence-corrected chi connectivity index (χ3v) is 2.45. The molecule has 0 radical (unpaired) electrons. The second-order valence-electron chi connectivity index (χ2n) is 3.45. The van der Waals surface area contributed by atoms with Crippen molar-refractivity contribution in [3.8, 4) is 5.75 Å². The lowest BCUT2D eigenvalue weighted by Gasteiger charge is -2.11. The molecule has 0 bridgehead atoms. The Kier molecular flexibility index (Phi) is 3.48. The molecule has 0 aliphatic heterocycles. The lowest BCUT2D eigenvalue weighted by Crippen LogP contribution is -1.93. The van der Waals surface area contributed by atoms with Gasteiger partial charge in [-0.2, -0.15) is 0 Å². The first-order valence-electron chi connectivity index (χ1n) is 4.46. The van der Waals surface area contributed by atoms with Crippen LogP contribution >= 0.6 is 11.6 Å². The van der Waals surface area contributed by atoms with E-state index in [0.29, 0.717) is 33.8 Å². The third kappa shape index (κ3) is 2.36. The van der Waals surface area contributed by atoms with Crippen molar-refractivity contribution in [2.45, 2.75) is 20.3 Å². The Bertz CT molecular complexity index is 427. The summed E-state index contributed by atoms with van der Waals surface area (Å²) in [6, 6.07) is 1.55. The molecular weight excluding hydrogens is 214 g/mol. The standard InChI is InChI=1S/C11H12ClNO2/c1-6-4-10(13-15)8(3)9(11(6)14)5-7(2)12/h4,14H,2,5H2,1,3H3. The van der Waals surface area contributed by atoms with E-state index in [-0.39, 0.29) is 5.75 Å². The molecule has 0 saturated carbocycles. The van der Waals surface area contributed by atoms with E-state index in [0.717, 1.165) is 0 Å². The molecule has 0 aliphatic carbocycles. The summed E-state index contributed by atoms with van der Waals surface area (Å²) < 4.78 is 0. The van der Waals surface area contributed by atoms with Crippen LogP contribution in [0.15, 0.2) is 22.9 Å². The fourth-order valence-electron chi connectivity index (χ4n) is 1.45. The number of aromatic hydroxyl groups is 1. The molecule has 0 heterocycles.